The molecule has 0 spiro atoms. The number of rotatable bonds is 3. The third-order valence-corrected chi connectivity index (χ3v) is 5.36. The summed E-state index contributed by atoms with van der Waals surface area (Å²) >= 11 is 0. The fourth-order valence-electron chi connectivity index (χ4n) is 3.67. The van der Waals surface area contributed by atoms with Gasteiger partial charge in [-0.05, 0) is 38.0 Å². The van der Waals surface area contributed by atoms with E-state index in [0.717, 1.165) is 32.1 Å². The molecule has 114 valence electrons. The van der Waals surface area contributed by atoms with Gasteiger partial charge < -0.3 is 10.0 Å². The number of carboxylic acids is 1. The first-order valence-corrected chi connectivity index (χ1v) is 7.94. The van der Waals surface area contributed by atoms with Gasteiger partial charge >= 0.3 is 5.97 Å². The summed E-state index contributed by atoms with van der Waals surface area (Å²) in [6, 6.07) is -0.468. The number of piperidine rings is 1. The summed E-state index contributed by atoms with van der Waals surface area (Å²) in [7, 11) is 0. The van der Waals surface area contributed by atoms with Crippen LogP contribution >= 0.6 is 0 Å². The lowest BCUT2D eigenvalue weighted by Crippen LogP contribution is -2.60. The van der Waals surface area contributed by atoms with Gasteiger partial charge in [-0.3, -0.25) is 4.79 Å². The third-order valence-electron chi connectivity index (χ3n) is 5.36. The average Bonchev–Trinajstić information content (AvgIpc) is 2.45. The molecule has 1 saturated carbocycles. The monoisotopic (exact) mass is 281 g/mol. The Morgan fingerprint density at radius 3 is 2.40 bits per heavy atom. The van der Waals surface area contributed by atoms with Crippen molar-refractivity contribution >= 4 is 11.9 Å². The fourth-order valence-corrected chi connectivity index (χ4v) is 3.67. The van der Waals surface area contributed by atoms with E-state index in [-0.39, 0.29) is 11.9 Å². The van der Waals surface area contributed by atoms with E-state index in [4.69, 9.17) is 0 Å². The van der Waals surface area contributed by atoms with Crippen molar-refractivity contribution in [3.05, 3.63) is 0 Å². The highest BCUT2D eigenvalue weighted by atomic mass is 16.4. The van der Waals surface area contributed by atoms with Crippen LogP contribution in [0.15, 0.2) is 0 Å². The second-order valence-electron chi connectivity index (χ2n) is 6.99. The summed E-state index contributed by atoms with van der Waals surface area (Å²) < 4.78 is 0. The van der Waals surface area contributed by atoms with E-state index >= 15 is 0 Å². The molecule has 4 nitrogen and oxygen atoms in total. The van der Waals surface area contributed by atoms with Gasteiger partial charge in [-0.2, -0.15) is 0 Å². The lowest BCUT2D eigenvalue weighted by Gasteiger charge is -2.49. The van der Waals surface area contributed by atoms with Gasteiger partial charge in [0, 0.05) is 11.5 Å². The van der Waals surface area contributed by atoms with Crippen LogP contribution in [-0.2, 0) is 9.59 Å². The van der Waals surface area contributed by atoms with Crippen LogP contribution in [0.3, 0.4) is 0 Å². The highest BCUT2D eigenvalue weighted by molar-refractivity contribution is 5.87. The van der Waals surface area contributed by atoms with Gasteiger partial charge in [-0.25, -0.2) is 4.79 Å². The summed E-state index contributed by atoms with van der Waals surface area (Å²) in [5.74, 6) is -0.297. The van der Waals surface area contributed by atoms with Crippen molar-refractivity contribution in [1.82, 2.24) is 4.90 Å². The Balaban J connectivity index is 2.30. The van der Waals surface area contributed by atoms with Crippen LogP contribution < -0.4 is 0 Å². The Labute approximate surface area is 121 Å². The number of nitrogens with zero attached hydrogens (tertiary/aromatic N) is 1. The van der Waals surface area contributed by atoms with Crippen molar-refractivity contribution in [2.45, 2.75) is 77.8 Å². The molecule has 1 amide bonds. The molecule has 1 aliphatic carbocycles. The number of carbonyl (C=O) groups is 2. The van der Waals surface area contributed by atoms with Crippen LogP contribution in [0, 0.1) is 11.3 Å². The van der Waals surface area contributed by atoms with Crippen molar-refractivity contribution in [1.29, 1.82) is 0 Å². The van der Waals surface area contributed by atoms with E-state index in [1.54, 1.807) is 4.90 Å². The zero-order chi connectivity index (χ0) is 14.9. The first kappa shape index (κ1) is 15.3. The summed E-state index contributed by atoms with van der Waals surface area (Å²) in [5, 5.41) is 9.49. The molecule has 4 heteroatoms. The van der Waals surface area contributed by atoms with Crippen LogP contribution in [-0.4, -0.2) is 34.0 Å². The number of fused-ring (bicyclic) bond motifs is 1. The van der Waals surface area contributed by atoms with Gasteiger partial charge in [-0.15, -0.1) is 0 Å². The van der Waals surface area contributed by atoms with Gasteiger partial charge in [0.2, 0.25) is 5.91 Å². The first-order chi connectivity index (χ1) is 9.38. The minimum absolute atomic E-state index is 0.0315. The van der Waals surface area contributed by atoms with E-state index in [0.29, 0.717) is 12.3 Å². The van der Waals surface area contributed by atoms with E-state index in [2.05, 4.69) is 0 Å². The zero-order valence-corrected chi connectivity index (χ0v) is 12.9. The molecule has 0 bridgehead atoms. The first-order valence-electron chi connectivity index (χ1n) is 7.94. The maximum Gasteiger partial charge on any atom is 0.326 e. The minimum atomic E-state index is -0.839. The summed E-state index contributed by atoms with van der Waals surface area (Å²) in [6.45, 7) is 5.86. The number of hydrogen-bond donors (Lipinski definition) is 1. The van der Waals surface area contributed by atoms with Crippen molar-refractivity contribution in [3.63, 3.8) is 0 Å². The lowest BCUT2D eigenvalue weighted by atomic mass is 9.74. The summed E-state index contributed by atoms with van der Waals surface area (Å²) in [5.41, 5.74) is -0.465. The Bertz CT molecular complexity index is 391. The molecule has 3 atom stereocenters. The van der Waals surface area contributed by atoms with Gasteiger partial charge in [0.15, 0.2) is 0 Å². The molecular formula is C16H27NO3. The normalized spacial score (nSPS) is 30.8. The quantitative estimate of drug-likeness (QED) is 0.865. The minimum Gasteiger partial charge on any atom is -0.480 e. The number of carboxylic acid groups (broad SMARTS) is 1. The molecule has 2 fully saturated rings. The van der Waals surface area contributed by atoms with Crippen LogP contribution in [0.5, 0.6) is 0 Å². The largest absolute Gasteiger partial charge is 0.480 e. The summed E-state index contributed by atoms with van der Waals surface area (Å²) in [6.07, 6.45) is 6.77. The number of carbonyl (C=O) groups excluding carboxylic acids is 1. The van der Waals surface area contributed by atoms with Gasteiger partial charge in [0.1, 0.15) is 6.04 Å². The SMILES string of the molecule is CCC(C)(C)C(=O)N1C(C(=O)O)CCC2CCCCC21. The molecule has 0 aromatic rings. The van der Waals surface area contributed by atoms with Crippen molar-refractivity contribution < 1.29 is 14.7 Å². The number of hydrogen-bond acceptors (Lipinski definition) is 2. The molecule has 1 saturated heterocycles. The van der Waals surface area contributed by atoms with E-state index < -0.39 is 17.4 Å². The fraction of sp³-hybridized carbons (Fsp3) is 0.875. The predicted molar refractivity (Wildman–Crippen MR) is 77.3 cm³/mol. The maximum absolute atomic E-state index is 12.9. The molecular weight excluding hydrogens is 254 g/mol. The maximum atomic E-state index is 12.9. The Hall–Kier alpha value is -1.06. The van der Waals surface area contributed by atoms with Gasteiger partial charge in [-0.1, -0.05) is 33.6 Å². The van der Waals surface area contributed by atoms with Crippen molar-refractivity contribution in [2.24, 2.45) is 11.3 Å². The number of aliphatic carboxylic acids is 1. The summed E-state index contributed by atoms with van der Waals surface area (Å²) in [4.78, 5) is 26.2. The molecule has 20 heavy (non-hydrogen) atoms. The third kappa shape index (κ3) is 2.70. The molecule has 2 aliphatic rings. The highest BCUT2D eigenvalue weighted by Gasteiger charge is 2.46. The second-order valence-corrected chi connectivity index (χ2v) is 6.99. The molecule has 0 radical (unpaired) electrons. The zero-order valence-electron chi connectivity index (χ0n) is 12.9. The van der Waals surface area contributed by atoms with Crippen LogP contribution in [0.4, 0.5) is 0 Å². The molecule has 0 aromatic carbocycles. The molecule has 0 aromatic heterocycles. The van der Waals surface area contributed by atoms with E-state index in [1.807, 2.05) is 20.8 Å². The second kappa shape index (κ2) is 5.74. The lowest BCUT2D eigenvalue weighted by molar-refractivity contribution is -0.163. The predicted octanol–water partition coefficient (Wildman–Crippen LogP) is 3.06. The van der Waals surface area contributed by atoms with Gasteiger partial charge in [0.25, 0.3) is 0 Å². The van der Waals surface area contributed by atoms with Crippen molar-refractivity contribution in [3.8, 4) is 0 Å². The Morgan fingerprint density at radius 2 is 1.80 bits per heavy atom. The molecule has 1 aliphatic heterocycles. The van der Waals surface area contributed by atoms with E-state index in [9.17, 15) is 14.7 Å². The molecule has 3 unspecified atom stereocenters. The van der Waals surface area contributed by atoms with Crippen LogP contribution in [0.1, 0.15) is 65.7 Å². The van der Waals surface area contributed by atoms with E-state index in [1.165, 1.54) is 6.42 Å². The topological polar surface area (TPSA) is 57.6 Å². The molecule has 1 N–H and O–H groups in total. The molecule has 2 rings (SSSR count). The van der Waals surface area contributed by atoms with Crippen LogP contribution in [0.25, 0.3) is 0 Å². The standard InChI is InChI=1S/C16H27NO3/c1-4-16(2,3)15(20)17-12-8-6-5-7-11(12)9-10-13(17)14(18)19/h11-13H,4-10H2,1-3H3,(H,18,19). The highest BCUT2D eigenvalue weighted by Crippen LogP contribution is 2.40. The van der Waals surface area contributed by atoms with Gasteiger partial charge in [0.05, 0.1) is 0 Å². The number of amides is 1. The Morgan fingerprint density at radius 1 is 1.15 bits per heavy atom. The molecule has 1 heterocycles. The smallest absolute Gasteiger partial charge is 0.326 e. The average molecular weight is 281 g/mol. The number of likely N-dealkylation sites (tertiary alicyclic amines) is 1. The van der Waals surface area contributed by atoms with Crippen LogP contribution in [0.2, 0.25) is 0 Å². The Kier molecular flexibility index (Phi) is 4.40. The van der Waals surface area contributed by atoms with Crippen molar-refractivity contribution in [2.75, 3.05) is 0 Å².